The minimum absolute atomic E-state index is 0.741. The van der Waals surface area contributed by atoms with Gasteiger partial charge in [-0.1, -0.05) is 0 Å². The number of imidazole rings is 1. The van der Waals surface area contributed by atoms with Crippen LogP contribution in [0, 0.1) is 6.92 Å². The number of methoxy groups -OCH3 is 1. The maximum Gasteiger partial charge on any atom is 0.143 e. The molecule has 7 heteroatoms. The summed E-state index contributed by atoms with van der Waals surface area (Å²) in [6.07, 6.45) is 5.34. The number of hydrogen-bond acceptors (Lipinski definition) is 6. The highest BCUT2D eigenvalue weighted by molar-refractivity contribution is 7.13. The van der Waals surface area contributed by atoms with E-state index in [1.54, 1.807) is 24.6 Å². The highest BCUT2D eigenvalue weighted by atomic mass is 32.1. The average Bonchev–Trinajstić information content (AvgIpc) is 3.29. The van der Waals surface area contributed by atoms with Crippen LogP contribution in [0.25, 0.3) is 21.6 Å². The average molecular weight is 365 g/mol. The Morgan fingerprint density at radius 3 is 2.81 bits per heavy atom. The molecule has 4 rings (SSSR count). The Bertz CT molecular complexity index is 1060. The Hall–Kier alpha value is -2.80. The molecule has 4 aromatic rings. The van der Waals surface area contributed by atoms with Gasteiger partial charge in [-0.15, -0.1) is 11.3 Å². The zero-order valence-electron chi connectivity index (χ0n) is 14.9. The molecule has 0 radical (unpaired) electrons. The molecular formula is C19H19N5OS. The van der Waals surface area contributed by atoms with Gasteiger partial charge in [0, 0.05) is 48.7 Å². The largest absolute Gasteiger partial charge is 0.497 e. The van der Waals surface area contributed by atoms with Gasteiger partial charge in [-0.05, 0) is 25.1 Å². The molecule has 0 aliphatic heterocycles. The molecule has 0 aliphatic carbocycles. The number of ether oxygens (including phenoxy) is 1. The van der Waals surface area contributed by atoms with Gasteiger partial charge < -0.3 is 9.30 Å². The minimum atomic E-state index is 0.741. The molecule has 3 aromatic heterocycles. The zero-order valence-corrected chi connectivity index (χ0v) is 15.7. The quantitative estimate of drug-likeness (QED) is 0.541. The molecule has 0 aliphatic rings. The number of aryl methyl sites for hydroxylation is 4. The van der Waals surface area contributed by atoms with Crippen molar-refractivity contribution in [3.05, 3.63) is 53.3 Å². The first-order valence-corrected chi connectivity index (χ1v) is 9.25. The molecule has 0 saturated heterocycles. The molecule has 0 saturated carbocycles. The molecule has 0 fully saturated rings. The smallest absolute Gasteiger partial charge is 0.143 e. The van der Waals surface area contributed by atoms with Crippen LogP contribution in [-0.2, 0) is 19.9 Å². The number of hydrogen-bond donors (Lipinski definition) is 0. The Labute approximate surface area is 155 Å². The summed E-state index contributed by atoms with van der Waals surface area (Å²) in [5.41, 5.74) is 2.82. The van der Waals surface area contributed by atoms with E-state index in [0.29, 0.717) is 0 Å². The maximum absolute atomic E-state index is 5.29. The van der Waals surface area contributed by atoms with Crippen molar-refractivity contribution in [2.45, 2.75) is 19.8 Å². The van der Waals surface area contributed by atoms with E-state index < -0.39 is 0 Å². The summed E-state index contributed by atoms with van der Waals surface area (Å²) in [5.74, 6) is 2.66. The first kappa shape index (κ1) is 16.7. The molecule has 6 nitrogen and oxygen atoms in total. The van der Waals surface area contributed by atoms with Gasteiger partial charge in [0.05, 0.1) is 12.6 Å². The lowest BCUT2D eigenvalue weighted by Crippen LogP contribution is -2.04. The fourth-order valence-electron chi connectivity index (χ4n) is 2.97. The summed E-state index contributed by atoms with van der Waals surface area (Å²) in [5, 5.41) is 3.93. The molecule has 26 heavy (non-hydrogen) atoms. The number of aromatic nitrogens is 5. The summed E-state index contributed by atoms with van der Waals surface area (Å²) in [6, 6.07) is 5.89. The van der Waals surface area contributed by atoms with Crippen LogP contribution in [-0.4, -0.2) is 31.6 Å². The van der Waals surface area contributed by atoms with Gasteiger partial charge in [-0.25, -0.2) is 19.9 Å². The van der Waals surface area contributed by atoms with E-state index in [4.69, 9.17) is 14.7 Å². The minimum Gasteiger partial charge on any atom is -0.497 e. The van der Waals surface area contributed by atoms with Crippen LogP contribution in [0.2, 0.25) is 0 Å². The first-order valence-electron chi connectivity index (χ1n) is 8.37. The van der Waals surface area contributed by atoms with Crippen LogP contribution in [0.5, 0.6) is 5.75 Å². The fraction of sp³-hybridized carbons (Fsp3) is 0.263. The number of rotatable bonds is 5. The van der Waals surface area contributed by atoms with Crippen molar-refractivity contribution in [1.29, 1.82) is 0 Å². The summed E-state index contributed by atoms with van der Waals surface area (Å²) in [4.78, 5) is 18.4. The topological polar surface area (TPSA) is 65.7 Å². The van der Waals surface area contributed by atoms with E-state index in [1.165, 1.54) is 0 Å². The Balaban J connectivity index is 1.56. The van der Waals surface area contributed by atoms with Gasteiger partial charge in [-0.2, -0.15) is 0 Å². The number of fused-ring (bicyclic) bond motifs is 1. The van der Waals surface area contributed by atoms with Gasteiger partial charge >= 0.3 is 0 Å². The van der Waals surface area contributed by atoms with Gasteiger partial charge in [0.25, 0.3) is 0 Å². The molecule has 0 atom stereocenters. The summed E-state index contributed by atoms with van der Waals surface area (Å²) in [7, 11) is 3.68. The van der Waals surface area contributed by atoms with Crippen molar-refractivity contribution in [3.8, 4) is 16.5 Å². The lowest BCUT2D eigenvalue weighted by Gasteiger charge is -2.07. The third-order valence-electron chi connectivity index (χ3n) is 4.34. The second-order valence-electron chi connectivity index (χ2n) is 6.10. The number of thiazole rings is 1. The van der Waals surface area contributed by atoms with E-state index in [0.717, 1.165) is 57.5 Å². The summed E-state index contributed by atoms with van der Waals surface area (Å²) >= 11 is 1.60. The highest BCUT2D eigenvalue weighted by Gasteiger charge is 2.11. The van der Waals surface area contributed by atoms with E-state index in [2.05, 4.69) is 14.5 Å². The van der Waals surface area contributed by atoms with Crippen LogP contribution in [0.1, 0.15) is 17.3 Å². The third kappa shape index (κ3) is 3.17. The van der Waals surface area contributed by atoms with Crippen molar-refractivity contribution in [1.82, 2.24) is 24.5 Å². The second-order valence-corrected chi connectivity index (χ2v) is 6.99. The SMILES string of the molecule is COc1ccc2nc(CCc3nc(-c4nccs4)cn3C)nc(C)c2c1. The third-order valence-corrected chi connectivity index (χ3v) is 5.13. The fourth-order valence-corrected chi connectivity index (χ4v) is 3.56. The first-order chi connectivity index (χ1) is 12.6. The van der Waals surface area contributed by atoms with Crippen LogP contribution < -0.4 is 4.74 Å². The molecule has 132 valence electrons. The van der Waals surface area contributed by atoms with Crippen molar-refractivity contribution in [2.75, 3.05) is 7.11 Å². The second kappa shape index (κ2) is 6.84. The molecule has 0 bridgehead atoms. The van der Waals surface area contributed by atoms with Gasteiger partial charge in [0.1, 0.15) is 28.1 Å². The Morgan fingerprint density at radius 2 is 2.04 bits per heavy atom. The summed E-state index contributed by atoms with van der Waals surface area (Å²) < 4.78 is 7.34. The molecule has 0 spiro atoms. The van der Waals surface area contributed by atoms with Crippen molar-refractivity contribution in [3.63, 3.8) is 0 Å². The molecule has 0 unspecified atom stereocenters. The Morgan fingerprint density at radius 1 is 1.15 bits per heavy atom. The predicted molar refractivity (Wildman–Crippen MR) is 103 cm³/mol. The number of benzene rings is 1. The van der Waals surface area contributed by atoms with E-state index in [9.17, 15) is 0 Å². The van der Waals surface area contributed by atoms with Gasteiger partial charge in [0.2, 0.25) is 0 Å². The van der Waals surface area contributed by atoms with Gasteiger partial charge in [0.15, 0.2) is 0 Å². The van der Waals surface area contributed by atoms with Crippen molar-refractivity contribution < 1.29 is 4.74 Å². The predicted octanol–water partition coefficient (Wildman–Crippen LogP) is 3.59. The lowest BCUT2D eigenvalue weighted by atomic mass is 10.1. The van der Waals surface area contributed by atoms with E-state index in [1.807, 2.05) is 43.7 Å². The normalized spacial score (nSPS) is 11.2. The zero-order chi connectivity index (χ0) is 18.1. The standard InChI is InChI=1S/C19H19N5OS/c1-12-14-10-13(25-3)4-5-15(14)22-17(21-12)6-7-18-23-16(11-24(18)2)19-20-8-9-26-19/h4-5,8-11H,6-7H2,1-3H3. The van der Waals surface area contributed by atoms with Crippen LogP contribution >= 0.6 is 11.3 Å². The molecule has 3 heterocycles. The van der Waals surface area contributed by atoms with Crippen molar-refractivity contribution >= 4 is 22.2 Å². The molecule has 0 N–H and O–H groups in total. The maximum atomic E-state index is 5.29. The van der Waals surface area contributed by atoms with Crippen LogP contribution in [0.4, 0.5) is 0 Å². The van der Waals surface area contributed by atoms with Crippen LogP contribution in [0.15, 0.2) is 36.0 Å². The lowest BCUT2D eigenvalue weighted by molar-refractivity contribution is 0.415. The highest BCUT2D eigenvalue weighted by Crippen LogP contribution is 2.23. The summed E-state index contributed by atoms with van der Waals surface area (Å²) in [6.45, 7) is 2.01. The Kier molecular flexibility index (Phi) is 4.38. The van der Waals surface area contributed by atoms with Crippen molar-refractivity contribution in [2.24, 2.45) is 7.05 Å². The monoisotopic (exact) mass is 365 g/mol. The van der Waals surface area contributed by atoms with Crippen LogP contribution in [0.3, 0.4) is 0 Å². The molecule has 0 amide bonds. The van der Waals surface area contributed by atoms with Gasteiger partial charge in [-0.3, -0.25) is 0 Å². The van der Waals surface area contributed by atoms with E-state index in [-0.39, 0.29) is 0 Å². The molecular weight excluding hydrogens is 346 g/mol. The van der Waals surface area contributed by atoms with E-state index >= 15 is 0 Å². The number of nitrogens with zero attached hydrogens (tertiary/aromatic N) is 5. The molecule has 1 aromatic carbocycles.